The highest BCUT2D eigenvalue weighted by Gasteiger charge is 2.17. The maximum absolute atomic E-state index is 12.1. The Morgan fingerprint density at radius 2 is 2.22 bits per heavy atom. The van der Waals surface area contributed by atoms with Crippen LogP contribution < -0.4 is 5.73 Å². The highest BCUT2D eigenvalue weighted by molar-refractivity contribution is 7.09. The smallest absolute Gasteiger partial charge is 0.182 e. The van der Waals surface area contributed by atoms with E-state index in [9.17, 15) is 4.79 Å². The van der Waals surface area contributed by atoms with Gasteiger partial charge in [0.2, 0.25) is 0 Å². The first-order chi connectivity index (χ1) is 8.58. The van der Waals surface area contributed by atoms with Gasteiger partial charge in [0, 0.05) is 11.8 Å². The molecule has 0 fully saturated rings. The number of ketones is 1. The Kier molecular flexibility index (Phi) is 6.50. The molecule has 0 amide bonds. The van der Waals surface area contributed by atoms with E-state index in [0.717, 1.165) is 17.8 Å². The van der Waals surface area contributed by atoms with E-state index in [1.54, 1.807) is 0 Å². The summed E-state index contributed by atoms with van der Waals surface area (Å²) in [5.41, 5.74) is 6.36. The fourth-order valence-electron chi connectivity index (χ4n) is 1.93. The zero-order valence-electron chi connectivity index (χ0n) is 11.6. The van der Waals surface area contributed by atoms with E-state index in [2.05, 4.69) is 18.8 Å². The number of Topliss-reactive ketones (excluding diaryl/α,β-unsaturated/α-hetero) is 1. The van der Waals surface area contributed by atoms with E-state index >= 15 is 0 Å². The Morgan fingerprint density at radius 3 is 2.72 bits per heavy atom. The molecule has 2 atom stereocenters. The van der Waals surface area contributed by atoms with Crippen molar-refractivity contribution < 1.29 is 4.79 Å². The quantitative estimate of drug-likeness (QED) is 0.726. The number of hydrogen-bond donors (Lipinski definition) is 1. The first-order valence-corrected chi connectivity index (χ1v) is 7.70. The van der Waals surface area contributed by atoms with Gasteiger partial charge < -0.3 is 5.73 Å². The summed E-state index contributed by atoms with van der Waals surface area (Å²) in [6, 6.07) is -0.0846. The molecule has 102 valence electrons. The number of carbonyl (C=O) groups is 1. The number of hydrogen-bond acceptors (Lipinski definition) is 4. The molecule has 1 heterocycles. The van der Waals surface area contributed by atoms with Crippen molar-refractivity contribution in [2.45, 2.75) is 58.9 Å². The molecule has 0 aromatic carbocycles. The second-order valence-corrected chi connectivity index (χ2v) is 5.79. The summed E-state index contributed by atoms with van der Waals surface area (Å²) in [6.45, 7) is 6.23. The van der Waals surface area contributed by atoms with Crippen molar-refractivity contribution in [1.29, 1.82) is 0 Å². The minimum atomic E-state index is -0.0846. The minimum Gasteiger partial charge on any atom is -0.322 e. The molecule has 2 N–H and O–H groups in total. The molecule has 1 aromatic heterocycles. The number of nitrogens with two attached hydrogens (primary N) is 1. The molecule has 0 radical (unpaired) electrons. The fourth-order valence-corrected chi connectivity index (χ4v) is 2.72. The van der Waals surface area contributed by atoms with Crippen LogP contribution in [0.15, 0.2) is 5.38 Å². The third-order valence-electron chi connectivity index (χ3n) is 3.21. The van der Waals surface area contributed by atoms with Crippen molar-refractivity contribution in [3.05, 3.63) is 16.1 Å². The average Bonchev–Trinajstić information content (AvgIpc) is 2.83. The normalized spacial score (nSPS) is 14.4. The van der Waals surface area contributed by atoms with Gasteiger partial charge in [0.05, 0.1) is 6.04 Å². The van der Waals surface area contributed by atoms with Crippen LogP contribution in [0.3, 0.4) is 0 Å². The van der Waals surface area contributed by atoms with E-state index in [0.29, 0.717) is 18.0 Å². The summed E-state index contributed by atoms with van der Waals surface area (Å²) in [5, 5.41) is 2.69. The van der Waals surface area contributed by atoms with Crippen LogP contribution in [0.25, 0.3) is 0 Å². The molecule has 0 aliphatic rings. The lowest BCUT2D eigenvalue weighted by Gasteiger charge is -2.12. The van der Waals surface area contributed by atoms with E-state index < -0.39 is 0 Å². The molecule has 1 aromatic rings. The van der Waals surface area contributed by atoms with Crippen molar-refractivity contribution in [2.24, 2.45) is 11.7 Å². The number of aromatic nitrogens is 1. The van der Waals surface area contributed by atoms with E-state index in [4.69, 9.17) is 5.73 Å². The van der Waals surface area contributed by atoms with Crippen molar-refractivity contribution in [1.82, 2.24) is 4.98 Å². The highest BCUT2D eigenvalue weighted by atomic mass is 32.1. The molecule has 1 rings (SSSR count). The second-order valence-electron chi connectivity index (χ2n) is 4.90. The van der Waals surface area contributed by atoms with Crippen LogP contribution in [0.2, 0.25) is 0 Å². The number of thiazole rings is 1. The van der Waals surface area contributed by atoms with Gasteiger partial charge in [-0.1, -0.05) is 39.5 Å². The van der Waals surface area contributed by atoms with Gasteiger partial charge in [-0.25, -0.2) is 4.98 Å². The fraction of sp³-hybridized carbons (Fsp3) is 0.714. The minimum absolute atomic E-state index is 0.0846. The summed E-state index contributed by atoms with van der Waals surface area (Å²) in [7, 11) is 0. The molecule has 0 saturated carbocycles. The molecule has 4 heteroatoms. The average molecular weight is 268 g/mol. The largest absolute Gasteiger partial charge is 0.322 e. The van der Waals surface area contributed by atoms with Gasteiger partial charge in [0.15, 0.2) is 5.78 Å². The maximum atomic E-state index is 12.1. The van der Waals surface area contributed by atoms with Crippen LogP contribution in [0, 0.1) is 5.92 Å². The molecule has 0 bridgehead atoms. The first-order valence-electron chi connectivity index (χ1n) is 6.82. The summed E-state index contributed by atoms with van der Waals surface area (Å²) in [5.74, 6) is 0.666. The van der Waals surface area contributed by atoms with Crippen LogP contribution in [0.4, 0.5) is 0 Å². The molecule has 0 aliphatic carbocycles. The number of nitrogens with zero attached hydrogens (tertiary/aromatic N) is 1. The van der Waals surface area contributed by atoms with Crippen molar-refractivity contribution >= 4 is 17.1 Å². The second kappa shape index (κ2) is 7.64. The molecule has 18 heavy (non-hydrogen) atoms. The Hall–Kier alpha value is -0.740. The van der Waals surface area contributed by atoms with Gasteiger partial charge in [-0.2, -0.15) is 0 Å². The molecular weight excluding hydrogens is 244 g/mol. The van der Waals surface area contributed by atoms with E-state index in [1.165, 1.54) is 24.2 Å². The van der Waals surface area contributed by atoms with Gasteiger partial charge in [-0.3, -0.25) is 4.79 Å². The van der Waals surface area contributed by atoms with Crippen LogP contribution in [0.1, 0.15) is 74.4 Å². The van der Waals surface area contributed by atoms with E-state index in [1.807, 2.05) is 12.3 Å². The van der Waals surface area contributed by atoms with Gasteiger partial charge >= 0.3 is 0 Å². The van der Waals surface area contributed by atoms with Crippen molar-refractivity contribution in [3.63, 3.8) is 0 Å². The third-order valence-corrected chi connectivity index (χ3v) is 4.26. The summed E-state index contributed by atoms with van der Waals surface area (Å²) >= 11 is 1.48. The van der Waals surface area contributed by atoms with Gasteiger partial charge in [-0.15, -0.1) is 11.3 Å². The Balaban J connectivity index is 2.57. The van der Waals surface area contributed by atoms with Gasteiger partial charge in [0.25, 0.3) is 0 Å². The predicted octanol–water partition coefficient (Wildman–Crippen LogP) is 3.95. The van der Waals surface area contributed by atoms with Crippen molar-refractivity contribution in [3.8, 4) is 0 Å². The Labute approximate surface area is 114 Å². The summed E-state index contributed by atoms with van der Waals surface area (Å²) in [6.07, 6.45) is 5.22. The van der Waals surface area contributed by atoms with E-state index in [-0.39, 0.29) is 11.8 Å². The molecule has 3 nitrogen and oxygen atoms in total. The van der Waals surface area contributed by atoms with Crippen LogP contribution in [-0.2, 0) is 0 Å². The van der Waals surface area contributed by atoms with Crippen LogP contribution in [0.5, 0.6) is 0 Å². The maximum Gasteiger partial charge on any atom is 0.182 e. The Morgan fingerprint density at radius 1 is 1.50 bits per heavy atom. The first kappa shape index (κ1) is 15.3. The molecule has 0 spiro atoms. The van der Waals surface area contributed by atoms with Crippen molar-refractivity contribution in [2.75, 3.05) is 0 Å². The lowest BCUT2D eigenvalue weighted by atomic mass is 9.93. The standard InChI is InChI=1S/C14H24N2OS/c1-4-6-7-11(5-2)8-13(17)12-9-18-14(16-12)10(3)15/h9-11H,4-8,15H2,1-3H3. The summed E-state index contributed by atoms with van der Waals surface area (Å²) < 4.78 is 0. The lowest BCUT2D eigenvalue weighted by molar-refractivity contribution is 0.0952. The lowest BCUT2D eigenvalue weighted by Crippen LogP contribution is -2.10. The number of unbranched alkanes of at least 4 members (excludes halogenated alkanes) is 1. The SMILES string of the molecule is CCCCC(CC)CC(=O)c1csc(C(C)N)n1. The molecular formula is C14H24N2OS. The monoisotopic (exact) mass is 268 g/mol. The number of rotatable bonds is 8. The molecule has 0 aliphatic heterocycles. The van der Waals surface area contributed by atoms with Crippen LogP contribution >= 0.6 is 11.3 Å². The predicted molar refractivity (Wildman–Crippen MR) is 77.0 cm³/mol. The zero-order valence-corrected chi connectivity index (χ0v) is 12.4. The Bertz CT molecular complexity index is 374. The third kappa shape index (κ3) is 4.50. The zero-order chi connectivity index (χ0) is 13.5. The number of carbonyl (C=O) groups excluding carboxylic acids is 1. The van der Waals surface area contributed by atoms with Gasteiger partial charge in [-0.05, 0) is 12.8 Å². The molecule has 2 unspecified atom stereocenters. The van der Waals surface area contributed by atoms with Crippen LogP contribution in [-0.4, -0.2) is 10.8 Å². The topological polar surface area (TPSA) is 56.0 Å². The molecule has 0 saturated heterocycles. The summed E-state index contributed by atoms with van der Waals surface area (Å²) in [4.78, 5) is 16.4. The highest BCUT2D eigenvalue weighted by Crippen LogP contribution is 2.21. The van der Waals surface area contributed by atoms with Gasteiger partial charge in [0.1, 0.15) is 10.7 Å².